The van der Waals surface area contributed by atoms with Gasteiger partial charge in [0.05, 0.1) is 22.2 Å². The molecule has 0 bridgehead atoms. The summed E-state index contributed by atoms with van der Waals surface area (Å²) in [7, 11) is 0. The van der Waals surface area contributed by atoms with Crippen LogP contribution in [-0.2, 0) is 4.74 Å². The molecule has 136 valence electrons. The third-order valence-electron chi connectivity index (χ3n) is 3.48. The number of hydrogen-bond acceptors (Lipinski definition) is 7. The van der Waals surface area contributed by atoms with Gasteiger partial charge in [-0.2, -0.15) is 5.26 Å². The van der Waals surface area contributed by atoms with Gasteiger partial charge in [0.2, 0.25) is 0 Å². The van der Waals surface area contributed by atoms with Crippen LogP contribution in [0.3, 0.4) is 0 Å². The first-order valence-electron chi connectivity index (χ1n) is 8.24. The summed E-state index contributed by atoms with van der Waals surface area (Å²) < 4.78 is 5.16. The maximum atomic E-state index is 11.9. The number of carbonyl (C=O) groups is 1. The second-order valence-electron chi connectivity index (χ2n) is 5.86. The number of esters is 1. The van der Waals surface area contributed by atoms with Crippen molar-refractivity contribution in [2.75, 3.05) is 5.32 Å². The molecule has 0 saturated carbocycles. The summed E-state index contributed by atoms with van der Waals surface area (Å²) in [4.78, 5) is 17.5. The summed E-state index contributed by atoms with van der Waals surface area (Å²) in [5, 5.41) is 17.1. The monoisotopic (exact) mass is 395 g/mol. The summed E-state index contributed by atoms with van der Waals surface area (Å²) >= 11 is 3.05. The van der Waals surface area contributed by atoms with Gasteiger partial charge in [-0.05, 0) is 49.6 Å². The van der Waals surface area contributed by atoms with Gasteiger partial charge >= 0.3 is 5.97 Å². The largest absolute Gasteiger partial charge is 0.459 e. The maximum absolute atomic E-state index is 11.9. The summed E-state index contributed by atoms with van der Waals surface area (Å²) in [5.41, 5.74) is 2.57. The maximum Gasteiger partial charge on any atom is 0.338 e. The average molecular weight is 396 g/mol. The molecule has 0 saturated heterocycles. The van der Waals surface area contributed by atoms with E-state index < -0.39 is 0 Å². The number of hydrogen-bond donors (Lipinski definition) is 1. The van der Waals surface area contributed by atoms with Crippen LogP contribution in [0.2, 0.25) is 0 Å². The molecule has 3 rings (SSSR count). The number of aromatic nitrogens is 1. The van der Waals surface area contributed by atoms with E-state index in [9.17, 15) is 10.1 Å². The standard InChI is InChI=1S/C20H17N3O2S2/c1-13(2)25-20(24)14-5-7-16(8-6-14)22-11-15(10-21)19-23-17(12-27-19)18-4-3-9-26-18/h3-9,11-13,22H,1-2H3. The van der Waals surface area contributed by atoms with Crippen LogP contribution in [0.25, 0.3) is 16.1 Å². The summed E-state index contributed by atoms with van der Waals surface area (Å²) in [6.07, 6.45) is 1.46. The number of nitrogens with zero attached hydrogens (tertiary/aromatic N) is 2. The highest BCUT2D eigenvalue weighted by molar-refractivity contribution is 7.14. The van der Waals surface area contributed by atoms with E-state index in [0.717, 1.165) is 16.3 Å². The van der Waals surface area contributed by atoms with E-state index in [1.807, 2.05) is 36.7 Å². The normalized spacial score (nSPS) is 11.3. The number of thiophene rings is 1. The zero-order valence-electron chi connectivity index (χ0n) is 14.8. The molecule has 1 aromatic carbocycles. The molecule has 0 fully saturated rings. The Bertz CT molecular complexity index is 981. The molecule has 0 spiro atoms. The quantitative estimate of drug-likeness (QED) is 0.446. The van der Waals surface area contributed by atoms with Gasteiger partial charge in [-0.1, -0.05) is 6.07 Å². The number of allylic oxidation sites excluding steroid dienone is 1. The fourth-order valence-electron chi connectivity index (χ4n) is 2.22. The van der Waals surface area contributed by atoms with Gasteiger partial charge in [-0.15, -0.1) is 22.7 Å². The Labute approximate surface area is 165 Å². The SMILES string of the molecule is CC(C)OC(=O)c1ccc(NC=C(C#N)c2nc(-c3cccs3)cs2)cc1. The van der Waals surface area contributed by atoms with E-state index in [-0.39, 0.29) is 12.1 Å². The van der Waals surface area contributed by atoms with Crippen molar-refractivity contribution in [3.05, 3.63) is 63.9 Å². The topological polar surface area (TPSA) is 75.0 Å². The lowest BCUT2D eigenvalue weighted by Crippen LogP contribution is -2.11. The molecule has 0 amide bonds. The molecule has 3 aromatic rings. The molecule has 27 heavy (non-hydrogen) atoms. The Morgan fingerprint density at radius 3 is 2.67 bits per heavy atom. The van der Waals surface area contributed by atoms with Gasteiger partial charge in [-0.25, -0.2) is 9.78 Å². The molecule has 0 aliphatic heterocycles. The number of benzene rings is 1. The lowest BCUT2D eigenvalue weighted by Gasteiger charge is -2.08. The van der Waals surface area contributed by atoms with Crippen LogP contribution in [0.5, 0.6) is 0 Å². The van der Waals surface area contributed by atoms with Crippen molar-refractivity contribution in [1.82, 2.24) is 4.98 Å². The summed E-state index contributed by atoms with van der Waals surface area (Å²) in [5.74, 6) is -0.353. The zero-order chi connectivity index (χ0) is 19.2. The van der Waals surface area contributed by atoms with E-state index >= 15 is 0 Å². The minimum atomic E-state index is -0.353. The van der Waals surface area contributed by atoms with Crippen molar-refractivity contribution in [2.45, 2.75) is 20.0 Å². The predicted molar refractivity (Wildman–Crippen MR) is 110 cm³/mol. The average Bonchev–Trinajstić information content (AvgIpc) is 3.34. The van der Waals surface area contributed by atoms with Crippen molar-refractivity contribution in [1.29, 1.82) is 5.26 Å². The van der Waals surface area contributed by atoms with E-state index in [4.69, 9.17) is 4.74 Å². The summed E-state index contributed by atoms with van der Waals surface area (Å²) in [6, 6.07) is 13.1. The number of ether oxygens (including phenoxy) is 1. The molecule has 0 aliphatic carbocycles. The number of thiazole rings is 1. The molecule has 5 nitrogen and oxygen atoms in total. The summed E-state index contributed by atoms with van der Waals surface area (Å²) in [6.45, 7) is 3.62. The van der Waals surface area contributed by atoms with Gasteiger partial charge < -0.3 is 10.1 Å². The number of carbonyl (C=O) groups excluding carboxylic acids is 1. The first-order chi connectivity index (χ1) is 13.1. The minimum Gasteiger partial charge on any atom is -0.459 e. The number of anilines is 1. The lowest BCUT2D eigenvalue weighted by atomic mass is 10.2. The van der Waals surface area contributed by atoms with Crippen molar-refractivity contribution in [2.24, 2.45) is 0 Å². The molecule has 2 heterocycles. The van der Waals surface area contributed by atoms with E-state index in [1.165, 1.54) is 11.3 Å². The first-order valence-corrected chi connectivity index (χ1v) is 10.0. The number of rotatable bonds is 6. The van der Waals surface area contributed by atoms with Gasteiger partial charge in [0, 0.05) is 17.3 Å². The highest BCUT2D eigenvalue weighted by Crippen LogP contribution is 2.28. The molecule has 1 N–H and O–H groups in total. The predicted octanol–water partition coefficient (Wildman–Crippen LogP) is 5.41. The minimum absolute atomic E-state index is 0.159. The Balaban J connectivity index is 1.70. The molecule has 0 aliphatic rings. The van der Waals surface area contributed by atoms with Crippen LogP contribution >= 0.6 is 22.7 Å². The Morgan fingerprint density at radius 1 is 1.26 bits per heavy atom. The van der Waals surface area contributed by atoms with E-state index in [1.54, 1.807) is 41.8 Å². The van der Waals surface area contributed by atoms with Crippen LogP contribution < -0.4 is 5.32 Å². The van der Waals surface area contributed by atoms with Gasteiger partial charge in [0.15, 0.2) is 0 Å². The van der Waals surface area contributed by atoms with Gasteiger partial charge in [-0.3, -0.25) is 0 Å². The molecule has 7 heteroatoms. The van der Waals surface area contributed by atoms with Crippen LogP contribution in [0, 0.1) is 11.3 Å². The van der Waals surface area contributed by atoms with Crippen LogP contribution in [0.15, 0.2) is 53.4 Å². The molecular weight excluding hydrogens is 378 g/mol. The Hall–Kier alpha value is -2.95. The molecular formula is C20H17N3O2S2. The van der Waals surface area contributed by atoms with Gasteiger partial charge in [0.1, 0.15) is 16.6 Å². The van der Waals surface area contributed by atoms with Crippen molar-refractivity contribution in [3.63, 3.8) is 0 Å². The van der Waals surface area contributed by atoms with Crippen molar-refractivity contribution >= 4 is 39.9 Å². The first kappa shape index (κ1) is 18.8. The van der Waals surface area contributed by atoms with Crippen molar-refractivity contribution in [3.8, 4) is 16.6 Å². The van der Waals surface area contributed by atoms with Crippen LogP contribution in [0.4, 0.5) is 5.69 Å². The molecule has 0 unspecified atom stereocenters. The lowest BCUT2D eigenvalue weighted by molar-refractivity contribution is 0.0378. The third-order valence-corrected chi connectivity index (χ3v) is 5.24. The molecule has 2 aromatic heterocycles. The van der Waals surface area contributed by atoms with Crippen LogP contribution in [-0.4, -0.2) is 17.1 Å². The number of nitriles is 1. The van der Waals surface area contributed by atoms with Gasteiger partial charge in [0.25, 0.3) is 0 Å². The van der Waals surface area contributed by atoms with Crippen molar-refractivity contribution < 1.29 is 9.53 Å². The highest BCUT2D eigenvalue weighted by Gasteiger charge is 2.10. The molecule has 0 radical (unpaired) electrons. The zero-order valence-corrected chi connectivity index (χ0v) is 16.4. The Kier molecular flexibility index (Phi) is 6.01. The fourth-order valence-corrected chi connectivity index (χ4v) is 3.76. The smallest absolute Gasteiger partial charge is 0.338 e. The second-order valence-corrected chi connectivity index (χ2v) is 7.67. The van der Waals surface area contributed by atoms with E-state index in [0.29, 0.717) is 16.1 Å². The fraction of sp³-hybridized carbons (Fsp3) is 0.150. The third kappa shape index (κ3) is 4.82. The Morgan fingerprint density at radius 2 is 2.04 bits per heavy atom. The van der Waals surface area contributed by atoms with E-state index in [2.05, 4.69) is 16.4 Å². The highest BCUT2D eigenvalue weighted by atomic mass is 32.1. The second kappa shape index (κ2) is 8.62. The van der Waals surface area contributed by atoms with Crippen LogP contribution in [0.1, 0.15) is 29.2 Å². The number of nitrogens with one attached hydrogen (secondary N) is 1. The molecule has 0 atom stereocenters.